The lowest BCUT2D eigenvalue weighted by Crippen LogP contribution is -2.36. The second-order valence-corrected chi connectivity index (χ2v) is 5.83. The van der Waals surface area contributed by atoms with Crippen molar-refractivity contribution in [2.45, 2.75) is 31.3 Å². The van der Waals surface area contributed by atoms with Gasteiger partial charge in [-0.25, -0.2) is 4.98 Å². The minimum absolute atomic E-state index is 0.0429. The highest BCUT2D eigenvalue weighted by molar-refractivity contribution is 7.18. The van der Waals surface area contributed by atoms with Crippen molar-refractivity contribution >= 4 is 34.1 Å². The van der Waals surface area contributed by atoms with Crippen LogP contribution in [0.5, 0.6) is 0 Å². The van der Waals surface area contributed by atoms with Crippen LogP contribution in [0.4, 0.5) is 10.9 Å². The first kappa shape index (κ1) is 12.2. The summed E-state index contributed by atoms with van der Waals surface area (Å²) in [5, 5.41) is 9.36. The molecular weight excluding hydrogens is 266 g/mol. The van der Waals surface area contributed by atoms with E-state index >= 15 is 0 Å². The average Bonchev–Trinajstić information content (AvgIpc) is 2.95. The molecule has 1 saturated carbocycles. The van der Waals surface area contributed by atoms with Crippen LogP contribution in [0.15, 0.2) is 0 Å². The summed E-state index contributed by atoms with van der Waals surface area (Å²) in [6.45, 7) is 0.469. The highest BCUT2D eigenvalue weighted by Crippen LogP contribution is 2.30. The molecule has 2 fully saturated rings. The summed E-state index contributed by atoms with van der Waals surface area (Å²) in [4.78, 5) is 27.7. The maximum absolute atomic E-state index is 12.1. The van der Waals surface area contributed by atoms with Gasteiger partial charge in [-0.1, -0.05) is 11.3 Å². The molecule has 0 spiro atoms. The van der Waals surface area contributed by atoms with Crippen molar-refractivity contribution in [2.75, 3.05) is 17.6 Å². The first-order chi connectivity index (χ1) is 9.11. The molecule has 8 heteroatoms. The van der Waals surface area contributed by atoms with Gasteiger partial charge in [0.05, 0.1) is 6.04 Å². The van der Waals surface area contributed by atoms with E-state index < -0.39 is 0 Å². The third-order valence-corrected chi connectivity index (χ3v) is 4.08. The molecule has 1 aliphatic carbocycles. The van der Waals surface area contributed by atoms with Crippen LogP contribution in [0.1, 0.15) is 28.9 Å². The molecule has 19 heavy (non-hydrogen) atoms. The number of thiazole rings is 1. The molecule has 3 rings (SSSR count). The van der Waals surface area contributed by atoms with Gasteiger partial charge >= 0.3 is 0 Å². The van der Waals surface area contributed by atoms with Crippen LogP contribution >= 0.6 is 11.3 Å². The van der Waals surface area contributed by atoms with Gasteiger partial charge in [0.1, 0.15) is 10.7 Å². The molecule has 7 nitrogen and oxygen atoms in total. The van der Waals surface area contributed by atoms with E-state index in [1.54, 1.807) is 0 Å². The average molecular weight is 281 g/mol. The molecule has 2 aliphatic rings. The van der Waals surface area contributed by atoms with Gasteiger partial charge in [-0.15, -0.1) is 0 Å². The number of nitrogen functional groups attached to an aromatic ring is 1. The van der Waals surface area contributed by atoms with Crippen LogP contribution in [0.25, 0.3) is 0 Å². The Balaban J connectivity index is 1.64. The van der Waals surface area contributed by atoms with Gasteiger partial charge in [0.2, 0.25) is 5.91 Å². The molecule has 5 N–H and O–H groups in total. The van der Waals surface area contributed by atoms with Crippen LogP contribution in [-0.2, 0) is 4.79 Å². The number of nitrogens with two attached hydrogens (primary N) is 1. The van der Waals surface area contributed by atoms with Gasteiger partial charge in [0.15, 0.2) is 5.13 Å². The summed E-state index contributed by atoms with van der Waals surface area (Å²) >= 11 is 1.26. The Morgan fingerprint density at radius 3 is 2.84 bits per heavy atom. The smallest absolute Gasteiger partial charge is 0.265 e. The minimum atomic E-state index is -0.264. The van der Waals surface area contributed by atoms with Crippen molar-refractivity contribution in [2.24, 2.45) is 0 Å². The van der Waals surface area contributed by atoms with Crippen LogP contribution in [0.2, 0.25) is 0 Å². The molecule has 0 aromatic carbocycles. The van der Waals surface area contributed by atoms with E-state index in [9.17, 15) is 9.59 Å². The Morgan fingerprint density at radius 2 is 2.21 bits per heavy atom. The van der Waals surface area contributed by atoms with Crippen LogP contribution in [-0.4, -0.2) is 35.4 Å². The number of hydrogen-bond acceptors (Lipinski definition) is 6. The van der Waals surface area contributed by atoms with Crippen molar-refractivity contribution in [1.82, 2.24) is 15.6 Å². The first-order valence-corrected chi connectivity index (χ1v) is 7.04. The standard InChI is InChI=1S/C11H15N5O2S/c12-9-8(19-11(16-9)15-5-1-2-5)10(18)14-6-3-7(17)13-4-6/h5-6H,1-4,12H2,(H,13,17)(H,14,18)(H,15,16). The third-order valence-electron chi connectivity index (χ3n) is 3.08. The summed E-state index contributed by atoms with van der Waals surface area (Å²) in [6.07, 6.45) is 2.59. The molecule has 1 aliphatic heterocycles. The number of carbonyl (C=O) groups excluding carboxylic acids is 2. The molecule has 2 amide bonds. The Hall–Kier alpha value is -1.83. The zero-order chi connectivity index (χ0) is 13.4. The minimum Gasteiger partial charge on any atom is -0.382 e. The highest BCUT2D eigenvalue weighted by atomic mass is 32.1. The Bertz CT molecular complexity index is 525. The SMILES string of the molecule is Nc1nc(NC2CC2)sc1C(=O)NC1CNC(=O)C1. The summed E-state index contributed by atoms with van der Waals surface area (Å²) in [5.74, 6) is -0.0676. The topological polar surface area (TPSA) is 109 Å². The van der Waals surface area contributed by atoms with Crippen molar-refractivity contribution in [1.29, 1.82) is 0 Å². The van der Waals surface area contributed by atoms with Gasteiger partial charge in [-0.2, -0.15) is 0 Å². The maximum Gasteiger partial charge on any atom is 0.265 e. The predicted octanol–water partition coefficient (Wildman–Crippen LogP) is -0.0821. The summed E-state index contributed by atoms with van der Waals surface area (Å²) in [7, 11) is 0. The van der Waals surface area contributed by atoms with Gasteiger partial charge < -0.3 is 21.7 Å². The first-order valence-electron chi connectivity index (χ1n) is 6.22. The molecule has 1 aromatic heterocycles. The summed E-state index contributed by atoms with van der Waals surface area (Å²) < 4.78 is 0. The van der Waals surface area contributed by atoms with E-state index in [1.807, 2.05) is 0 Å². The summed E-state index contributed by atoms with van der Waals surface area (Å²) in [5.41, 5.74) is 5.76. The molecule has 0 bridgehead atoms. The Kier molecular flexibility index (Phi) is 3.02. The number of carbonyl (C=O) groups is 2. The quantitative estimate of drug-likeness (QED) is 0.617. The predicted molar refractivity (Wildman–Crippen MR) is 72.1 cm³/mol. The fourth-order valence-corrected chi connectivity index (χ4v) is 2.78. The van der Waals surface area contributed by atoms with Gasteiger partial charge in [-0.3, -0.25) is 9.59 Å². The number of aromatic nitrogens is 1. The fourth-order valence-electron chi connectivity index (χ4n) is 1.92. The zero-order valence-corrected chi connectivity index (χ0v) is 11.0. The van der Waals surface area contributed by atoms with E-state index in [4.69, 9.17) is 5.73 Å². The molecule has 1 saturated heterocycles. The molecule has 102 valence electrons. The second-order valence-electron chi connectivity index (χ2n) is 4.83. The number of anilines is 2. The number of amides is 2. The Morgan fingerprint density at radius 1 is 1.42 bits per heavy atom. The zero-order valence-electron chi connectivity index (χ0n) is 10.2. The van der Waals surface area contributed by atoms with E-state index in [0.29, 0.717) is 29.0 Å². The molecule has 1 aromatic rings. The molecule has 1 unspecified atom stereocenters. The highest BCUT2D eigenvalue weighted by Gasteiger charge is 2.27. The lowest BCUT2D eigenvalue weighted by atomic mass is 10.2. The van der Waals surface area contributed by atoms with Crippen molar-refractivity contribution in [3.8, 4) is 0 Å². The Labute approximate surface area is 114 Å². The van der Waals surface area contributed by atoms with E-state index in [0.717, 1.165) is 12.8 Å². The van der Waals surface area contributed by atoms with Crippen molar-refractivity contribution in [3.05, 3.63) is 4.88 Å². The number of nitrogens with one attached hydrogen (secondary N) is 3. The molecule has 0 radical (unpaired) electrons. The second kappa shape index (κ2) is 4.69. The third kappa shape index (κ3) is 2.78. The molecule has 1 atom stereocenters. The fraction of sp³-hybridized carbons (Fsp3) is 0.545. The normalized spacial score (nSPS) is 22.1. The van der Waals surface area contributed by atoms with E-state index in [-0.39, 0.29) is 23.7 Å². The lowest BCUT2D eigenvalue weighted by Gasteiger charge is -2.08. The monoisotopic (exact) mass is 281 g/mol. The van der Waals surface area contributed by atoms with Crippen molar-refractivity contribution in [3.63, 3.8) is 0 Å². The lowest BCUT2D eigenvalue weighted by molar-refractivity contribution is -0.119. The number of rotatable bonds is 4. The van der Waals surface area contributed by atoms with E-state index in [2.05, 4.69) is 20.9 Å². The van der Waals surface area contributed by atoms with Gasteiger partial charge in [0, 0.05) is 19.0 Å². The summed E-state index contributed by atoms with van der Waals surface area (Å²) in [6, 6.07) is 0.305. The van der Waals surface area contributed by atoms with Crippen LogP contribution in [0.3, 0.4) is 0 Å². The number of nitrogens with zero attached hydrogens (tertiary/aromatic N) is 1. The van der Waals surface area contributed by atoms with Crippen LogP contribution in [0, 0.1) is 0 Å². The van der Waals surface area contributed by atoms with E-state index in [1.165, 1.54) is 11.3 Å². The van der Waals surface area contributed by atoms with Gasteiger partial charge in [-0.05, 0) is 12.8 Å². The van der Waals surface area contributed by atoms with Crippen molar-refractivity contribution < 1.29 is 9.59 Å². The van der Waals surface area contributed by atoms with Gasteiger partial charge in [0.25, 0.3) is 5.91 Å². The van der Waals surface area contributed by atoms with Crippen LogP contribution < -0.4 is 21.7 Å². The number of hydrogen-bond donors (Lipinski definition) is 4. The maximum atomic E-state index is 12.1. The molecular formula is C11H15N5O2S. The largest absolute Gasteiger partial charge is 0.382 e. The molecule has 2 heterocycles.